The van der Waals surface area contributed by atoms with Crippen LogP contribution in [0.15, 0.2) is 0 Å². The molecule has 7 heteroatoms. The number of aliphatic carboxylic acids is 1. The van der Waals surface area contributed by atoms with Gasteiger partial charge < -0.3 is 14.9 Å². The van der Waals surface area contributed by atoms with Gasteiger partial charge in [0.1, 0.15) is 0 Å². The van der Waals surface area contributed by atoms with E-state index in [4.69, 9.17) is 5.11 Å². The molecule has 1 atom stereocenters. The number of carboxylic acids is 1. The van der Waals surface area contributed by atoms with Crippen molar-refractivity contribution >= 4 is 29.5 Å². The number of nitrogens with zero attached hydrogens (tertiary/aromatic N) is 2. The molecule has 0 unspecified atom stereocenters. The molecular weight excluding hydrogens is 316 g/mol. The molecule has 0 bridgehead atoms. The summed E-state index contributed by atoms with van der Waals surface area (Å²) in [6.45, 7) is 3.91. The Bertz CT molecular complexity index is 449. The smallest absolute Gasteiger partial charge is 0.305 e. The predicted molar refractivity (Wildman–Crippen MR) is 89.3 cm³/mol. The molecule has 2 amide bonds. The topological polar surface area (TPSA) is 77.9 Å². The number of likely N-dealkylation sites (tertiary alicyclic amines) is 1. The number of carbonyl (C=O) groups excluding carboxylic acids is 2. The van der Waals surface area contributed by atoms with Gasteiger partial charge in [-0.25, -0.2) is 0 Å². The molecule has 1 N–H and O–H groups in total. The van der Waals surface area contributed by atoms with Crippen LogP contribution in [0.25, 0.3) is 0 Å². The van der Waals surface area contributed by atoms with E-state index in [1.165, 1.54) is 0 Å². The van der Waals surface area contributed by atoms with Crippen LogP contribution < -0.4 is 0 Å². The maximum Gasteiger partial charge on any atom is 0.305 e. The first-order chi connectivity index (χ1) is 11.0. The van der Waals surface area contributed by atoms with Crippen LogP contribution >= 0.6 is 11.8 Å². The molecule has 0 aliphatic carbocycles. The number of hydrogen-bond donors (Lipinski definition) is 1. The van der Waals surface area contributed by atoms with E-state index >= 15 is 0 Å². The molecule has 0 spiro atoms. The third-order valence-corrected chi connectivity index (χ3v) is 5.67. The van der Waals surface area contributed by atoms with Gasteiger partial charge in [0.2, 0.25) is 11.8 Å². The van der Waals surface area contributed by atoms with Gasteiger partial charge >= 0.3 is 5.97 Å². The minimum Gasteiger partial charge on any atom is -0.481 e. The highest BCUT2D eigenvalue weighted by molar-refractivity contribution is 7.99. The Balaban J connectivity index is 1.90. The second kappa shape index (κ2) is 8.57. The monoisotopic (exact) mass is 342 g/mol. The lowest BCUT2D eigenvalue weighted by Gasteiger charge is -2.39. The first kappa shape index (κ1) is 18.1. The molecule has 0 aromatic heterocycles. The van der Waals surface area contributed by atoms with Gasteiger partial charge in [-0.15, -0.1) is 0 Å². The normalized spacial score (nSPS) is 22.9. The van der Waals surface area contributed by atoms with Crippen molar-refractivity contribution in [3.63, 3.8) is 0 Å². The molecule has 2 aliphatic heterocycles. The second-order valence-electron chi connectivity index (χ2n) is 6.26. The molecule has 0 aromatic rings. The molecule has 2 heterocycles. The SMILES string of the molecule is CCCC(=O)N1CCC(C(=O)N2CCSC[C@H]2CC(=O)O)CC1. The molecule has 0 radical (unpaired) electrons. The zero-order valence-electron chi connectivity index (χ0n) is 13.7. The fraction of sp³-hybridized carbons (Fsp3) is 0.812. The number of carbonyl (C=O) groups is 3. The van der Waals surface area contributed by atoms with Gasteiger partial charge in [-0.05, 0) is 19.3 Å². The highest BCUT2D eigenvalue weighted by Crippen LogP contribution is 2.26. The Morgan fingerprint density at radius 1 is 1.17 bits per heavy atom. The fourth-order valence-electron chi connectivity index (χ4n) is 3.30. The third-order valence-electron chi connectivity index (χ3n) is 4.58. The highest BCUT2D eigenvalue weighted by Gasteiger charge is 2.35. The maximum atomic E-state index is 12.8. The van der Waals surface area contributed by atoms with E-state index in [2.05, 4.69) is 0 Å². The molecule has 130 valence electrons. The largest absolute Gasteiger partial charge is 0.481 e. The third kappa shape index (κ3) is 4.86. The van der Waals surface area contributed by atoms with Crippen LogP contribution in [0.1, 0.15) is 39.0 Å². The van der Waals surface area contributed by atoms with Crippen molar-refractivity contribution in [1.29, 1.82) is 0 Å². The van der Waals surface area contributed by atoms with Crippen molar-refractivity contribution in [3.05, 3.63) is 0 Å². The maximum absolute atomic E-state index is 12.8. The molecule has 2 rings (SSSR count). The van der Waals surface area contributed by atoms with Crippen LogP contribution in [0.4, 0.5) is 0 Å². The summed E-state index contributed by atoms with van der Waals surface area (Å²) >= 11 is 1.71. The van der Waals surface area contributed by atoms with Crippen molar-refractivity contribution in [2.75, 3.05) is 31.1 Å². The van der Waals surface area contributed by atoms with Crippen molar-refractivity contribution < 1.29 is 19.5 Å². The van der Waals surface area contributed by atoms with Crippen LogP contribution in [0.2, 0.25) is 0 Å². The van der Waals surface area contributed by atoms with Crippen molar-refractivity contribution in [2.24, 2.45) is 5.92 Å². The van der Waals surface area contributed by atoms with Crippen LogP contribution in [-0.4, -0.2) is 69.9 Å². The molecule has 2 aliphatic rings. The molecule has 0 saturated carbocycles. The number of amides is 2. The summed E-state index contributed by atoms with van der Waals surface area (Å²) in [5.74, 6) is 0.910. The van der Waals surface area contributed by atoms with E-state index in [1.807, 2.05) is 11.8 Å². The number of rotatable bonds is 5. The number of carboxylic acid groups (broad SMARTS) is 1. The molecule has 23 heavy (non-hydrogen) atoms. The summed E-state index contributed by atoms with van der Waals surface area (Å²) in [6.07, 6.45) is 2.82. The summed E-state index contributed by atoms with van der Waals surface area (Å²) < 4.78 is 0. The standard InChI is InChI=1S/C16H26N2O4S/c1-2-3-14(19)17-6-4-12(5-7-17)16(22)18-8-9-23-11-13(18)10-15(20)21/h12-13H,2-11H2,1H3,(H,20,21)/t13-/m1/s1. The highest BCUT2D eigenvalue weighted by atomic mass is 32.2. The summed E-state index contributed by atoms with van der Waals surface area (Å²) in [5.41, 5.74) is 0. The number of thioether (sulfide) groups is 1. The first-order valence-corrected chi connectivity index (χ1v) is 9.56. The molecular formula is C16H26N2O4S. The Morgan fingerprint density at radius 2 is 1.87 bits per heavy atom. The van der Waals surface area contributed by atoms with Crippen LogP contribution in [0.3, 0.4) is 0 Å². The molecule has 6 nitrogen and oxygen atoms in total. The Hall–Kier alpha value is -1.24. The van der Waals surface area contributed by atoms with Gasteiger partial charge in [0.05, 0.1) is 12.5 Å². The number of hydrogen-bond acceptors (Lipinski definition) is 4. The summed E-state index contributed by atoms with van der Waals surface area (Å²) in [7, 11) is 0. The fourth-order valence-corrected chi connectivity index (χ4v) is 4.36. The van der Waals surface area contributed by atoms with Crippen molar-refractivity contribution in [3.8, 4) is 0 Å². The van der Waals surface area contributed by atoms with E-state index in [0.29, 0.717) is 44.6 Å². The van der Waals surface area contributed by atoms with Crippen LogP contribution in [0.5, 0.6) is 0 Å². The average Bonchev–Trinajstić information content (AvgIpc) is 2.54. The Morgan fingerprint density at radius 3 is 2.48 bits per heavy atom. The second-order valence-corrected chi connectivity index (χ2v) is 7.41. The summed E-state index contributed by atoms with van der Waals surface area (Å²) in [6, 6.07) is -0.196. The van der Waals surface area contributed by atoms with Gasteiger partial charge in [-0.2, -0.15) is 11.8 Å². The zero-order valence-corrected chi connectivity index (χ0v) is 14.5. The lowest BCUT2D eigenvalue weighted by atomic mass is 9.94. The van der Waals surface area contributed by atoms with Gasteiger partial charge in [-0.1, -0.05) is 6.92 Å². The Kier molecular flexibility index (Phi) is 6.74. The predicted octanol–water partition coefficient (Wildman–Crippen LogP) is 1.44. The van der Waals surface area contributed by atoms with Crippen molar-refractivity contribution in [2.45, 2.75) is 45.1 Å². The minimum atomic E-state index is -0.852. The van der Waals surface area contributed by atoms with Crippen LogP contribution in [0, 0.1) is 5.92 Å². The Labute approximate surface area is 141 Å². The van der Waals surface area contributed by atoms with E-state index in [9.17, 15) is 14.4 Å². The average molecular weight is 342 g/mol. The van der Waals surface area contributed by atoms with Crippen LogP contribution in [-0.2, 0) is 14.4 Å². The molecule has 2 fully saturated rings. The lowest BCUT2D eigenvalue weighted by Crippen LogP contribution is -2.51. The zero-order chi connectivity index (χ0) is 16.8. The van der Waals surface area contributed by atoms with E-state index < -0.39 is 5.97 Å². The lowest BCUT2D eigenvalue weighted by molar-refractivity contribution is -0.144. The van der Waals surface area contributed by atoms with Gasteiger partial charge in [-0.3, -0.25) is 14.4 Å². The molecule has 0 aromatic carbocycles. The minimum absolute atomic E-state index is 0.0204. The van der Waals surface area contributed by atoms with Crippen molar-refractivity contribution in [1.82, 2.24) is 9.80 Å². The van der Waals surface area contributed by atoms with Gasteiger partial charge in [0, 0.05) is 43.5 Å². The van der Waals surface area contributed by atoms with Gasteiger partial charge in [0.25, 0.3) is 0 Å². The van der Waals surface area contributed by atoms with E-state index in [1.54, 1.807) is 16.7 Å². The molecule has 2 saturated heterocycles. The summed E-state index contributed by atoms with van der Waals surface area (Å²) in [4.78, 5) is 39.3. The first-order valence-electron chi connectivity index (χ1n) is 8.40. The van der Waals surface area contributed by atoms with E-state index in [-0.39, 0.29) is 30.2 Å². The van der Waals surface area contributed by atoms with E-state index in [0.717, 1.165) is 12.2 Å². The summed E-state index contributed by atoms with van der Waals surface area (Å²) in [5, 5.41) is 9.03. The number of piperidine rings is 1. The van der Waals surface area contributed by atoms with Gasteiger partial charge in [0.15, 0.2) is 0 Å². The quantitative estimate of drug-likeness (QED) is 0.818.